The quantitative estimate of drug-likeness (QED) is 0.531. The maximum atomic E-state index is 11.1. The van der Waals surface area contributed by atoms with Gasteiger partial charge >= 0.3 is 5.97 Å². The number of ether oxygens (including phenoxy) is 1. The number of carboxylic acids is 1. The zero-order valence-electron chi connectivity index (χ0n) is 13.7. The first-order chi connectivity index (χ1) is 12.4. The van der Waals surface area contributed by atoms with Crippen molar-refractivity contribution in [1.82, 2.24) is 4.98 Å². The molecule has 26 heavy (non-hydrogen) atoms. The lowest BCUT2D eigenvalue weighted by molar-refractivity contribution is 0.0694. The van der Waals surface area contributed by atoms with Crippen LogP contribution in [0.25, 0.3) is 23.1 Å². The molecule has 0 aliphatic heterocycles. The van der Waals surface area contributed by atoms with Crippen LogP contribution in [0.4, 0.5) is 0 Å². The van der Waals surface area contributed by atoms with Gasteiger partial charge in [-0.05, 0) is 35.9 Å². The van der Waals surface area contributed by atoms with Crippen molar-refractivity contribution in [2.75, 3.05) is 7.11 Å². The summed E-state index contributed by atoms with van der Waals surface area (Å²) in [4.78, 5) is 15.4. The second-order valence-corrected chi connectivity index (χ2v) is 5.50. The first-order valence-electron chi connectivity index (χ1n) is 7.54. The summed E-state index contributed by atoms with van der Waals surface area (Å²) in [5.74, 6) is -2.17. The molecule has 0 fully saturated rings. The summed E-state index contributed by atoms with van der Waals surface area (Å²) >= 11 is 0. The molecule has 0 atom stereocenters. The van der Waals surface area contributed by atoms with Crippen LogP contribution in [0.15, 0.2) is 36.4 Å². The number of nitrogens with zero attached hydrogens (tertiary/aromatic N) is 1. The maximum absolute atomic E-state index is 11.1. The number of benzene rings is 2. The number of carboxylic acid groups (broad SMARTS) is 1. The summed E-state index contributed by atoms with van der Waals surface area (Å²) in [5, 5.41) is 39.2. The molecule has 7 nitrogen and oxygen atoms in total. The minimum Gasteiger partial charge on any atom is -0.505 e. The molecule has 1 aromatic heterocycles. The number of aromatic nitrogens is 1. The summed E-state index contributed by atoms with van der Waals surface area (Å²) in [6, 6.07) is 9.20. The van der Waals surface area contributed by atoms with Gasteiger partial charge in [-0.2, -0.15) is 0 Å². The SMILES string of the molecule is COc1cc(C=Cc2ccc3ccc(C(=O)O)c(O)c3n2)cc(O)c1O. The van der Waals surface area contributed by atoms with Crippen LogP contribution in [0.3, 0.4) is 0 Å². The monoisotopic (exact) mass is 353 g/mol. The fourth-order valence-electron chi connectivity index (χ4n) is 2.50. The number of rotatable bonds is 4. The average Bonchev–Trinajstić information content (AvgIpc) is 2.62. The molecule has 0 aliphatic carbocycles. The van der Waals surface area contributed by atoms with Gasteiger partial charge in [0, 0.05) is 5.39 Å². The number of carbonyl (C=O) groups is 1. The molecule has 132 valence electrons. The molecule has 4 N–H and O–H groups in total. The Balaban J connectivity index is 2.01. The highest BCUT2D eigenvalue weighted by molar-refractivity contribution is 5.99. The third-order valence-electron chi connectivity index (χ3n) is 3.83. The highest BCUT2D eigenvalue weighted by Gasteiger charge is 2.13. The number of hydrogen-bond acceptors (Lipinski definition) is 6. The first kappa shape index (κ1) is 17.1. The number of methoxy groups -OCH3 is 1. The van der Waals surface area contributed by atoms with Gasteiger partial charge < -0.3 is 25.2 Å². The Bertz CT molecular complexity index is 1040. The molecule has 0 spiro atoms. The average molecular weight is 353 g/mol. The summed E-state index contributed by atoms with van der Waals surface area (Å²) in [6.45, 7) is 0. The van der Waals surface area contributed by atoms with Crippen LogP contribution in [-0.4, -0.2) is 38.5 Å². The standard InChI is InChI=1S/C19H15NO6/c1-26-15-9-10(8-14(21)18(15)23)2-5-12-6-3-11-4-7-13(19(24)25)17(22)16(11)20-12/h2-9,21-23H,1H3,(H,24,25). The van der Waals surface area contributed by atoms with Gasteiger partial charge in [0.1, 0.15) is 11.1 Å². The predicted molar refractivity (Wildman–Crippen MR) is 95.6 cm³/mol. The molecule has 0 amide bonds. The van der Waals surface area contributed by atoms with Crippen LogP contribution in [0.1, 0.15) is 21.6 Å². The number of pyridine rings is 1. The van der Waals surface area contributed by atoms with Gasteiger partial charge in [-0.15, -0.1) is 0 Å². The molecule has 0 saturated carbocycles. The molecule has 2 aromatic carbocycles. The predicted octanol–water partition coefficient (Wildman–Crippen LogP) is 3.23. The number of aromatic hydroxyl groups is 3. The van der Waals surface area contributed by atoms with Crippen LogP contribution < -0.4 is 4.74 Å². The number of aromatic carboxylic acids is 1. The highest BCUT2D eigenvalue weighted by atomic mass is 16.5. The number of phenols is 3. The summed E-state index contributed by atoms with van der Waals surface area (Å²) in [5.41, 5.74) is 0.988. The third-order valence-corrected chi connectivity index (χ3v) is 3.83. The van der Waals surface area contributed by atoms with Crippen molar-refractivity contribution in [3.8, 4) is 23.0 Å². The van der Waals surface area contributed by atoms with Gasteiger partial charge in [0.25, 0.3) is 0 Å². The Morgan fingerprint density at radius 3 is 2.46 bits per heavy atom. The van der Waals surface area contributed by atoms with Crippen LogP contribution in [-0.2, 0) is 0 Å². The van der Waals surface area contributed by atoms with E-state index in [1.807, 2.05) is 0 Å². The van der Waals surface area contributed by atoms with E-state index in [0.717, 1.165) is 0 Å². The normalized spacial score (nSPS) is 11.1. The van der Waals surface area contributed by atoms with Crippen molar-refractivity contribution in [3.05, 3.63) is 53.2 Å². The second kappa shape index (κ2) is 6.64. The number of phenolic OH excluding ortho intramolecular Hbond substituents is 2. The van der Waals surface area contributed by atoms with E-state index in [1.54, 1.807) is 30.4 Å². The van der Waals surface area contributed by atoms with Gasteiger partial charge in [-0.3, -0.25) is 0 Å². The minimum atomic E-state index is -1.24. The summed E-state index contributed by atoms with van der Waals surface area (Å²) in [6.07, 6.45) is 3.26. The third kappa shape index (κ3) is 3.10. The van der Waals surface area contributed by atoms with Crippen LogP contribution in [0.5, 0.6) is 23.0 Å². The summed E-state index contributed by atoms with van der Waals surface area (Å²) in [7, 11) is 1.37. The molecule has 0 radical (unpaired) electrons. The molecule has 0 aliphatic rings. The van der Waals surface area contributed by atoms with Crippen LogP contribution >= 0.6 is 0 Å². The molecule has 7 heteroatoms. The van der Waals surface area contributed by atoms with Gasteiger partial charge in [-0.25, -0.2) is 9.78 Å². The van der Waals surface area contributed by atoms with Crippen molar-refractivity contribution in [2.45, 2.75) is 0 Å². The fraction of sp³-hybridized carbons (Fsp3) is 0.0526. The van der Waals surface area contributed by atoms with E-state index in [2.05, 4.69) is 4.98 Å². The van der Waals surface area contributed by atoms with Gasteiger partial charge in [0.05, 0.1) is 12.8 Å². The fourth-order valence-corrected chi connectivity index (χ4v) is 2.50. The van der Waals surface area contributed by atoms with E-state index in [0.29, 0.717) is 16.6 Å². The topological polar surface area (TPSA) is 120 Å². The Kier molecular flexibility index (Phi) is 4.36. The van der Waals surface area contributed by atoms with E-state index in [9.17, 15) is 20.1 Å². The molecule has 0 saturated heterocycles. The second-order valence-electron chi connectivity index (χ2n) is 5.50. The Hall–Kier alpha value is -3.74. The zero-order chi connectivity index (χ0) is 18.8. The Morgan fingerprint density at radius 2 is 1.77 bits per heavy atom. The molecule has 3 rings (SSSR count). The Labute approximate surface area is 148 Å². The number of fused-ring (bicyclic) bond motifs is 1. The van der Waals surface area contributed by atoms with Gasteiger partial charge in [-0.1, -0.05) is 18.2 Å². The van der Waals surface area contributed by atoms with Crippen molar-refractivity contribution in [3.63, 3.8) is 0 Å². The van der Waals surface area contributed by atoms with Crippen molar-refractivity contribution in [1.29, 1.82) is 0 Å². The van der Waals surface area contributed by atoms with E-state index in [-0.39, 0.29) is 28.3 Å². The Morgan fingerprint density at radius 1 is 1.04 bits per heavy atom. The lowest BCUT2D eigenvalue weighted by Crippen LogP contribution is -1.97. The lowest BCUT2D eigenvalue weighted by atomic mass is 10.1. The van der Waals surface area contributed by atoms with E-state index in [1.165, 1.54) is 25.3 Å². The molecular formula is C19H15NO6. The number of hydrogen-bond donors (Lipinski definition) is 4. The largest absolute Gasteiger partial charge is 0.505 e. The van der Waals surface area contributed by atoms with E-state index < -0.39 is 11.7 Å². The smallest absolute Gasteiger partial charge is 0.339 e. The van der Waals surface area contributed by atoms with Crippen molar-refractivity contribution < 1.29 is 30.0 Å². The van der Waals surface area contributed by atoms with Crippen LogP contribution in [0.2, 0.25) is 0 Å². The van der Waals surface area contributed by atoms with Gasteiger partial charge in [0.15, 0.2) is 17.2 Å². The molecule has 0 bridgehead atoms. The first-order valence-corrected chi connectivity index (χ1v) is 7.54. The molecular weight excluding hydrogens is 338 g/mol. The van der Waals surface area contributed by atoms with Crippen molar-refractivity contribution in [2.24, 2.45) is 0 Å². The molecule has 1 heterocycles. The highest BCUT2D eigenvalue weighted by Crippen LogP contribution is 2.36. The van der Waals surface area contributed by atoms with Crippen LogP contribution in [0, 0.1) is 0 Å². The molecule has 3 aromatic rings. The zero-order valence-corrected chi connectivity index (χ0v) is 13.7. The molecule has 0 unspecified atom stereocenters. The van der Waals surface area contributed by atoms with E-state index >= 15 is 0 Å². The maximum Gasteiger partial charge on any atom is 0.339 e. The minimum absolute atomic E-state index is 0.125. The van der Waals surface area contributed by atoms with Gasteiger partial charge in [0.2, 0.25) is 5.75 Å². The van der Waals surface area contributed by atoms with Crippen molar-refractivity contribution >= 4 is 29.0 Å². The summed E-state index contributed by atoms with van der Waals surface area (Å²) < 4.78 is 4.98. The lowest BCUT2D eigenvalue weighted by Gasteiger charge is -2.07. The van der Waals surface area contributed by atoms with E-state index in [4.69, 9.17) is 9.84 Å².